The van der Waals surface area contributed by atoms with E-state index in [1.807, 2.05) is 4.90 Å². The van der Waals surface area contributed by atoms with Gasteiger partial charge >= 0.3 is 12.0 Å². The zero-order valence-corrected chi connectivity index (χ0v) is 11.0. The average Bonchev–Trinajstić information content (AvgIpc) is 3.06. The third-order valence-corrected chi connectivity index (χ3v) is 3.04. The second-order valence-corrected chi connectivity index (χ2v) is 5.19. The summed E-state index contributed by atoms with van der Waals surface area (Å²) in [6.07, 6.45) is 2.07. The minimum atomic E-state index is -0.971. The Morgan fingerprint density at radius 2 is 1.82 bits per heavy atom. The lowest BCUT2D eigenvalue weighted by Gasteiger charge is -2.31. The molecule has 1 saturated carbocycles. The summed E-state index contributed by atoms with van der Waals surface area (Å²) in [6, 6.07) is -0.639. The molecule has 2 amide bonds. The molecule has 98 valence electrons. The van der Waals surface area contributed by atoms with Crippen LogP contribution in [-0.2, 0) is 4.79 Å². The number of amides is 2. The Morgan fingerprint density at radius 1 is 1.29 bits per heavy atom. The van der Waals surface area contributed by atoms with Crippen molar-refractivity contribution in [3.8, 4) is 0 Å². The van der Waals surface area contributed by atoms with Gasteiger partial charge in [-0.1, -0.05) is 13.8 Å². The van der Waals surface area contributed by atoms with Crippen LogP contribution in [0.1, 0.15) is 33.6 Å². The van der Waals surface area contributed by atoms with Gasteiger partial charge in [-0.15, -0.1) is 0 Å². The molecule has 5 nitrogen and oxygen atoms in total. The number of nitrogens with zero attached hydrogens (tertiary/aromatic N) is 2. The summed E-state index contributed by atoms with van der Waals surface area (Å²) in [4.78, 5) is 26.2. The highest BCUT2D eigenvalue weighted by molar-refractivity contribution is 5.82. The van der Waals surface area contributed by atoms with Crippen molar-refractivity contribution in [2.24, 2.45) is 5.92 Å². The first kappa shape index (κ1) is 13.8. The summed E-state index contributed by atoms with van der Waals surface area (Å²) in [5, 5.41) is 8.91. The number of urea groups is 1. The van der Waals surface area contributed by atoms with Crippen LogP contribution in [0.15, 0.2) is 0 Å². The normalized spacial score (nSPS) is 16.8. The van der Waals surface area contributed by atoms with Crippen LogP contribution < -0.4 is 0 Å². The molecule has 0 bridgehead atoms. The third-order valence-electron chi connectivity index (χ3n) is 3.04. The van der Waals surface area contributed by atoms with Crippen molar-refractivity contribution in [3.63, 3.8) is 0 Å². The van der Waals surface area contributed by atoms with E-state index in [0.717, 1.165) is 12.8 Å². The predicted octanol–water partition coefficient (Wildman–Crippen LogP) is 1.63. The van der Waals surface area contributed by atoms with Crippen molar-refractivity contribution >= 4 is 12.0 Å². The van der Waals surface area contributed by atoms with Gasteiger partial charge in [0, 0.05) is 19.6 Å². The average molecular weight is 242 g/mol. The second-order valence-electron chi connectivity index (χ2n) is 5.19. The molecule has 17 heavy (non-hydrogen) atoms. The quantitative estimate of drug-likeness (QED) is 0.797. The molecule has 0 aromatic carbocycles. The highest BCUT2D eigenvalue weighted by Gasteiger charge is 2.36. The van der Waals surface area contributed by atoms with Crippen LogP contribution >= 0.6 is 0 Å². The van der Waals surface area contributed by atoms with Crippen LogP contribution in [0.2, 0.25) is 0 Å². The molecule has 0 spiro atoms. The molecule has 1 atom stereocenters. The number of likely N-dealkylation sites (N-methyl/N-ethyl adjacent to an activating group) is 1. The van der Waals surface area contributed by atoms with E-state index in [9.17, 15) is 9.59 Å². The summed E-state index contributed by atoms with van der Waals surface area (Å²) in [7, 11) is 1.55. The lowest BCUT2D eigenvalue weighted by atomic mass is 10.2. The van der Waals surface area contributed by atoms with Crippen LogP contribution in [0.4, 0.5) is 4.79 Å². The molecular weight excluding hydrogens is 220 g/mol. The number of carbonyl (C=O) groups is 2. The molecule has 1 fully saturated rings. The largest absolute Gasteiger partial charge is 0.480 e. The van der Waals surface area contributed by atoms with E-state index >= 15 is 0 Å². The van der Waals surface area contributed by atoms with E-state index in [-0.39, 0.29) is 6.03 Å². The van der Waals surface area contributed by atoms with Gasteiger partial charge in [-0.2, -0.15) is 0 Å². The fraction of sp³-hybridized carbons (Fsp3) is 0.833. The van der Waals surface area contributed by atoms with Crippen LogP contribution in [0.25, 0.3) is 0 Å². The monoisotopic (exact) mass is 242 g/mol. The topological polar surface area (TPSA) is 60.9 Å². The number of carboxylic acid groups (broad SMARTS) is 1. The van der Waals surface area contributed by atoms with Gasteiger partial charge in [0.15, 0.2) is 0 Å². The van der Waals surface area contributed by atoms with Gasteiger partial charge in [0.25, 0.3) is 0 Å². The molecule has 0 aromatic rings. The van der Waals surface area contributed by atoms with Gasteiger partial charge in [-0.25, -0.2) is 9.59 Å². The van der Waals surface area contributed by atoms with Crippen LogP contribution in [0, 0.1) is 5.92 Å². The van der Waals surface area contributed by atoms with Crippen LogP contribution in [-0.4, -0.2) is 52.6 Å². The Balaban J connectivity index is 2.67. The summed E-state index contributed by atoms with van der Waals surface area (Å²) in [5.74, 6) is -0.575. The molecule has 1 unspecified atom stereocenters. The number of carboxylic acids is 1. The fourth-order valence-electron chi connectivity index (χ4n) is 1.70. The lowest BCUT2D eigenvalue weighted by molar-refractivity contribution is -0.141. The van der Waals surface area contributed by atoms with Gasteiger partial charge in [-0.3, -0.25) is 0 Å². The van der Waals surface area contributed by atoms with Crippen LogP contribution in [0.3, 0.4) is 0 Å². The zero-order valence-electron chi connectivity index (χ0n) is 11.0. The van der Waals surface area contributed by atoms with Crippen molar-refractivity contribution in [2.75, 3.05) is 13.6 Å². The standard InChI is InChI=1S/C12H22N2O3/c1-8(2)7-14(10-5-6-10)12(17)13(4)9(3)11(15)16/h8-10H,5-7H2,1-4H3,(H,15,16). The first-order chi connectivity index (χ1) is 7.84. The molecule has 1 rings (SSSR count). The van der Waals surface area contributed by atoms with Crippen molar-refractivity contribution in [1.82, 2.24) is 9.80 Å². The Morgan fingerprint density at radius 3 is 2.18 bits per heavy atom. The SMILES string of the molecule is CC(C)CN(C(=O)N(C)C(C)C(=O)O)C1CC1. The van der Waals surface area contributed by atoms with Gasteiger partial charge < -0.3 is 14.9 Å². The number of aliphatic carboxylic acids is 1. The second kappa shape index (κ2) is 5.38. The van der Waals surface area contributed by atoms with E-state index in [1.165, 1.54) is 11.8 Å². The third kappa shape index (κ3) is 3.61. The minimum absolute atomic E-state index is 0.170. The van der Waals surface area contributed by atoms with Crippen molar-refractivity contribution < 1.29 is 14.7 Å². The molecule has 0 aliphatic heterocycles. The molecular formula is C12H22N2O3. The number of carbonyl (C=O) groups excluding carboxylic acids is 1. The van der Waals surface area contributed by atoms with Gasteiger partial charge in [0.2, 0.25) is 0 Å². The Hall–Kier alpha value is -1.26. The van der Waals surface area contributed by atoms with E-state index in [4.69, 9.17) is 5.11 Å². The maximum absolute atomic E-state index is 12.2. The fourth-order valence-corrected chi connectivity index (χ4v) is 1.70. The number of hydrogen-bond donors (Lipinski definition) is 1. The maximum Gasteiger partial charge on any atom is 0.326 e. The lowest BCUT2D eigenvalue weighted by Crippen LogP contribution is -2.49. The van der Waals surface area contributed by atoms with Gasteiger partial charge in [0.05, 0.1) is 0 Å². The van der Waals surface area contributed by atoms with E-state index in [0.29, 0.717) is 18.5 Å². The Kier molecular flexibility index (Phi) is 4.37. The molecule has 1 aliphatic rings. The molecule has 0 heterocycles. The summed E-state index contributed by atoms with van der Waals surface area (Å²) >= 11 is 0. The minimum Gasteiger partial charge on any atom is -0.480 e. The predicted molar refractivity (Wildman–Crippen MR) is 64.8 cm³/mol. The summed E-state index contributed by atoms with van der Waals surface area (Å²) in [6.45, 7) is 6.34. The van der Waals surface area contributed by atoms with Gasteiger partial charge in [-0.05, 0) is 25.7 Å². The maximum atomic E-state index is 12.2. The van der Waals surface area contributed by atoms with E-state index in [1.54, 1.807) is 7.05 Å². The number of rotatable bonds is 5. The van der Waals surface area contributed by atoms with Gasteiger partial charge in [0.1, 0.15) is 6.04 Å². The number of hydrogen-bond acceptors (Lipinski definition) is 2. The molecule has 1 aliphatic carbocycles. The van der Waals surface area contributed by atoms with E-state index < -0.39 is 12.0 Å². The first-order valence-corrected chi connectivity index (χ1v) is 6.10. The zero-order chi connectivity index (χ0) is 13.2. The summed E-state index contributed by atoms with van der Waals surface area (Å²) in [5.41, 5.74) is 0. The van der Waals surface area contributed by atoms with E-state index in [2.05, 4.69) is 13.8 Å². The molecule has 1 N–H and O–H groups in total. The van der Waals surface area contributed by atoms with Crippen LogP contribution in [0.5, 0.6) is 0 Å². The Bertz CT molecular complexity index is 300. The molecule has 0 saturated heterocycles. The summed E-state index contributed by atoms with van der Waals surface area (Å²) < 4.78 is 0. The molecule has 0 radical (unpaired) electrons. The Labute approximate surface area is 102 Å². The molecule has 0 aromatic heterocycles. The molecule has 5 heteroatoms. The highest BCUT2D eigenvalue weighted by Crippen LogP contribution is 2.28. The van der Waals surface area contributed by atoms with Crippen molar-refractivity contribution in [1.29, 1.82) is 0 Å². The highest BCUT2D eigenvalue weighted by atomic mass is 16.4. The van der Waals surface area contributed by atoms with Crippen molar-refractivity contribution in [2.45, 2.75) is 45.7 Å². The smallest absolute Gasteiger partial charge is 0.326 e. The van der Waals surface area contributed by atoms with Crippen molar-refractivity contribution in [3.05, 3.63) is 0 Å². The first-order valence-electron chi connectivity index (χ1n) is 6.10.